The Morgan fingerprint density at radius 1 is 1.14 bits per heavy atom. The van der Waals surface area contributed by atoms with E-state index in [1.807, 2.05) is 32.0 Å². The number of aliphatic hydroxyl groups is 1. The molecule has 0 aliphatic heterocycles. The zero-order valence-corrected chi connectivity index (χ0v) is 21.2. The van der Waals surface area contributed by atoms with Crippen LogP contribution in [0.3, 0.4) is 0 Å². The smallest absolute Gasteiger partial charge is 0.255 e. The number of nitrogens with zero attached hydrogens (tertiary/aromatic N) is 1. The van der Waals surface area contributed by atoms with E-state index in [1.165, 1.54) is 16.7 Å². The van der Waals surface area contributed by atoms with E-state index in [2.05, 4.69) is 64.6 Å². The summed E-state index contributed by atoms with van der Waals surface area (Å²) in [5.74, 6) is 6.31. The first kappa shape index (κ1) is 24.3. The van der Waals surface area contributed by atoms with E-state index in [-0.39, 0.29) is 11.3 Å². The lowest BCUT2D eigenvalue weighted by Gasteiger charge is -2.49. The van der Waals surface area contributed by atoms with Crippen molar-refractivity contribution in [1.82, 2.24) is 4.98 Å². The highest BCUT2D eigenvalue weighted by atomic mass is 16.3. The summed E-state index contributed by atoms with van der Waals surface area (Å²) in [4.78, 5) is 17.4. The Bertz CT molecular complexity index is 1320. The number of anilines is 1. The molecule has 3 aromatic rings. The Hall–Kier alpha value is -3.42. The van der Waals surface area contributed by atoms with Crippen molar-refractivity contribution in [1.29, 1.82) is 0 Å². The number of aromatic nitrogens is 1. The monoisotopic (exact) mass is 478 g/mol. The van der Waals surface area contributed by atoms with E-state index in [9.17, 15) is 9.90 Å². The van der Waals surface area contributed by atoms with Crippen LogP contribution in [0.1, 0.15) is 71.8 Å². The number of hydrogen-bond donors (Lipinski definition) is 2. The molecule has 4 nitrogen and oxygen atoms in total. The zero-order chi connectivity index (χ0) is 25.2. The summed E-state index contributed by atoms with van der Waals surface area (Å²) in [7, 11) is 0. The fourth-order valence-electron chi connectivity index (χ4n) is 6.48. The summed E-state index contributed by atoms with van der Waals surface area (Å²) in [5, 5.41) is 14.3. The molecule has 0 saturated heterocycles. The van der Waals surface area contributed by atoms with Gasteiger partial charge in [0, 0.05) is 17.2 Å². The van der Waals surface area contributed by atoms with Crippen LogP contribution < -0.4 is 5.32 Å². The molecule has 0 radical (unpaired) electrons. The van der Waals surface area contributed by atoms with Crippen LogP contribution in [0.15, 0.2) is 66.9 Å². The van der Waals surface area contributed by atoms with E-state index in [0.29, 0.717) is 24.3 Å². The molecule has 4 heteroatoms. The maximum Gasteiger partial charge on any atom is 0.255 e. The highest BCUT2D eigenvalue weighted by Crippen LogP contribution is 2.53. The number of nitrogens with one attached hydrogen (secondary N) is 1. The lowest BCUT2D eigenvalue weighted by Crippen LogP contribution is -2.48. The first-order chi connectivity index (χ1) is 17.4. The lowest BCUT2D eigenvalue weighted by molar-refractivity contribution is -0.00358. The van der Waals surface area contributed by atoms with Gasteiger partial charge in [0.25, 0.3) is 5.91 Å². The fourth-order valence-corrected chi connectivity index (χ4v) is 6.48. The van der Waals surface area contributed by atoms with Crippen LogP contribution in [0.4, 0.5) is 5.69 Å². The minimum absolute atomic E-state index is 0.0796. The quantitative estimate of drug-likeness (QED) is 0.451. The molecule has 0 unspecified atom stereocenters. The zero-order valence-electron chi connectivity index (χ0n) is 21.2. The molecule has 1 amide bonds. The van der Waals surface area contributed by atoms with Gasteiger partial charge in [-0.3, -0.25) is 9.78 Å². The third kappa shape index (κ3) is 4.68. The van der Waals surface area contributed by atoms with Crippen LogP contribution in [0.5, 0.6) is 0 Å². The second kappa shape index (κ2) is 9.91. The van der Waals surface area contributed by atoms with E-state index in [0.717, 1.165) is 43.5 Å². The van der Waals surface area contributed by atoms with Crippen LogP contribution in [0.25, 0.3) is 0 Å². The van der Waals surface area contributed by atoms with Gasteiger partial charge in [0.1, 0.15) is 5.60 Å². The molecule has 2 aliphatic carbocycles. The Labute approximate surface area is 214 Å². The van der Waals surface area contributed by atoms with Crippen LogP contribution in [-0.2, 0) is 18.3 Å². The number of amides is 1. The Morgan fingerprint density at radius 2 is 1.97 bits per heavy atom. The number of benzene rings is 2. The molecule has 1 aromatic heterocycles. The summed E-state index contributed by atoms with van der Waals surface area (Å²) in [6.45, 7) is 3.71. The maximum absolute atomic E-state index is 13.2. The minimum atomic E-state index is -0.911. The molecule has 2 aliphatic rings. The van der Waals surface area contributed by atoms with Gasteiger partial charge in [-0.25, -0.2) is 0 Å². The largest absolute Gasteiger partial charge is 0.378 e. The van der Waals surface area contributed by atoms with Gasteiger partial charge in [0.05, 0.1) is 11.4 Å². The second-order valence-electron chi connectivity index (χ2n) is 10.5. The summed E-state index contributed by atoms with van der Waals surface area (Å²) in [6.07, 6.45) is 7.93. The Morgan fingerprint density at radius 3 is 2.75 bits per heavy atom. The molecule has 1 saturated carbocycles. The van der Waals surface area contributed by atoms with Crippen molar-refractivity contribution in [3.05, 3.63) is 94.8 Å². The lowest BCUT2D eigenvalue weighted by atomic mass is 9.56. The standard InChI is InChI=1S/C32H34N2O2/c1-3-16-31(36)17-18-32(21-24-9-5-4-6-10-24)27(22-31)12-7-11-25-20-26(14-15-28(25)32)30(35)34-29-13-8-19-33-23(29)2/h4-6,8-10,13-15,19-20,27,36H,7,11-12,17-18,21-22H2,1-2H3,(H,34,35)/t27-,31+,32-/m0/s1. The minimum Gasteiger partial charge on any atom is -0.378 e. The SMILES string of the molecule is CC#C[C@@]1(O)CC[C@@]2(Cc3ccccc3)c3ccc(C(=O)Nc4cccnc4C)cc3CCC[C@H]2C1. The molecule has 5 rings (SSSR count). The van der Waals surface area contributed by atoms with Crippen molar-refractivity contribution in [3.8, 4) is 11.8 Å². The molecule has 184 valence electrons. The number of aryl methyl sites for hydroxylation is 2. The van der Waals surface area contributed by atoms with Crippen molar-refractivity contribution < 1.29 is 9.90 Å². The molecule has 2 aromatic carbocycles. The molecule has 0 bridgehead atoms. The molecular weight excluding hydrogens is 444 g/mol. The van der Waals surface area contributed by atoms with E-state index in [1.54, 1.807) is 6.20 Å². The molecule has 0 spiro atoms. The highest BCUT2D eigenvalue weighted by Gasteiger charge is 2.50. The molecule has 1 fully saturated rings. The van der Waals surface area contributed by atoms with Crippen molar-refractivity contribution in [2.45, 2.75) is 69.8 Å². The predicted molar refractivity (Wildman–Crippen MR) is 144 cm³/mol. The van der Waals surface area contributed by atoms with E-state index < -0.39 is 5.60 Å². The van der Waals surface area contributed by atoms with Gasteiger partial charge in [-0.15, -0.1) is 5.92 Å². The van der Waals surface area contributed by atoms with Crippen molar-refractivity contribution in [3.63, 3.8) is 0 Å². The van der Waals surface area contributed by atoms with Gasteiger partial charge >= 0.3 is 0 Å². The van der Waals surface area contributed by atoms with Gasteiger partial charge in [-0.2, -0.15) is 0 Å². The van der Waals surface area contributed by atoms with E-state index in [4.69, 9.17) is 0 Å². The van der Waals surface area contributed by atoms with Gasteiger partial charge in [0.15, 0.2) is 0 Å². The topological polar surface area (TPSA) is 62.2 Å². The predicted octanol–water partition coefficient (Wildman–Crippen LogP) is 6.01. The van der Waals surface area contributed by atoms with Crippen molar-refractivity contribution in [2.75, 3.05) is 5.32 Å². The molecular formula is C32H34N2O2. The van der Waals surface area contributed by atoms with Gasteiger partial charge in [-0.05, 0) is 106 Å². The third-order valence-electron chi connectivity index (χ3n) is 8.23. The average Bonchev–Trinajstić information content (AvgIpc) is 3.02. The van der Waals surface area contributed by atoms with Gasteiger partial charge in [0.2, 0.25) is 0 Å². The maximum atomic E-state index is 13.2. The number of fused-ring (bicyclic) bond motifs is 3. The normalized spacial score (nSPS) is 24.9. The van der Waals surface area contributed by atoms with Gasteiger partial charge < -0.3 is 10.4 Å². The molecule has 2 N–H and O–H groups in total. The number of rotatable bonds is 4. The number of carbonyl (C=O) groups excluding carboxylic acids is 1. The van der Waals surface area contributed by atoms with E-state index >= 15 is 0 Å². The average molecular weight is 479 g/mol. The summed E-state index contributed by atoms with van der Waals surface area (Å²) in [5.41, 5.74) is 5.14. The van der Waals surface area contributed by atoms with Crippen LogP contribution in [-0.4, -0.2) is 21.6 Å². The summed E-state index contributed by atoms with van der Waals surface area (Å²) >= 11 is 0. The first-order valence-electron chi connectivity index (χ1n) is 13.0. The number of pyridine rings is 1. The van der Waals surface area contributed by atoms with Gasteiger partial charge in [-0.1, -0.05) is 42.3 Å². The van der Waals surface area contributed by atoms with Crippen molar-refractivity contribution in [2.24, 2.45) is 5.92 Å². The molecule has 3 atom stereocenters. The Kier molecular flexibility index (Phi) is 6.69. The van der Waals surface area contributed by atoms with Crippen LogP contribution >= 0.6 is 0 Å². The van der Waals surface area contributed by atoms with Crippen molar-refractivity contribution >= 4 is 11.6 Å². The Balaban J connectivity index is 1.53. The molecule has 36 heavy (non-hydrogen) atoms. The second-order valence-corrected chi connectivity index (χ2v) is 10.5. The summed E-state index contributed by atoms with van der Waals surface area (Å²) < 4.78 is 0. The summed E-state index contributed by atoms with van der Waals surface area (Å²) in [6, 6.07) is 20.7. The number of carbonyl (C=O) groups is 1. The van der Waals surface area contributed by atoms with Crippen LogP contribution in [0.2, 0.25) is 0 Å². The first-order valence-corrected chi connectivity index (χ1v) is 13.0. The molecule has 1 heterocycles. The fraction of sp³-hybridized carbons (Fsp3) is 0.375. The third-order valence-corrected chi connectivity index (χ3v) is 8.23. The highest BCUT2D eigenvalue weighted by molar-refractivity contribution is 6.04. The number of hydrogen-bond acceptors (Lipinski definition) is 3. The van der Waals surface area contributed by atoms with Crippen LogP contribution in [0, 0.1) is 24.7 Å².